The Bertz CT molecular complexity index is 1210. The third kappa shape index (κ3) is 5.55. The molecule has 2 heteroatoms. The lowest BCUT2D eigenvalue weighted by atomic mass is 9.73. The van der Waals surface area contributed by atoms with E-state index in [1.807, 2.05) is 0 Å². The van der Waals surface area contributed by atoms with Crippen LogP contribution in [0, 0.1) is 0 Å². The van der Waals surface area contributed by atoms with E-state index in [1.165, 1.54) is 58.7 Å². The van der Waals surface area contributed by atoms with Gasteiger partial charge in [-0.1, -0.05) is 54.6 Å². The van der Waals surface area contributed by atoms with Gasteiger partial charge in [0.2, 0.25) is 0 Å². The second-order valence-electron chi connectivity index (χ2n) is 14.4. The highest BCUT2D eigenvalue weighted by Crippen LogP contribution is 2.41. The molecule has 0 aliphatic carbocycles. The van der Waals surface area contributed by atoms with Crippen molar-refractivity contribution >= 4 is 10.8 Å². The largest absolute Gasteiger partial charge is 0.307 e. The van der Waals surface area contributed by atoms with Crippen LogP contribution < -0.4 is 10.6 Å². The number of nitrogens with one attached hydrogen (secondary N) is 2. The van der Waals surface area contributed by atoms with Gasteiger partial charge in [0.1, 0.15) is 0 Å². The molecule has 0 amide bonds. The van der Waals surface area contributed by atoms with Crippen molar-refractivity contribution in [3.8, 4) is 11.1 Å². The highest BCUT2D eigenvalue weighted by atomic mass is 15.1. The van der Waals surface area contributed by atoms with E-state index in [0.717, 1.165) is 0 Å². The topological polar surface area (TPSA) is 24.1 Å². The van der Waals surface area contributed by atoms with E-state index in [0.29, 0.717) is 11.8 Å². The van der Waals surface area contributed by atoms with Crippen molar-refractivity contribution in [2.24, 2.45) is 0 Å². The third-order valence-corrected chi connectivity index (χ3v) is 8.43. The zero-order chi connectivity index (χ0) is 25.9. The van der Waals surface area contributed by atoms with Gasteiger partial charge in [0, 0.05) is 22.2 Å². The number of piperidine rings is 2. The van der Waals surface area contributed by atoms with E-state index in [9.17, 15) is 0 Å². The van der Waals surface area contributed by atoms with Gasteiger partial charge in [-0.25, -0.2) is 0 Å². The molecule has 0 bridgehead atoms. The van der Waals surface area contributed by atoms with Crippen LogP contribution in [0.25, 0.3) is 21.9 Å². The first-order chi connectivity index (χ1) is 16.7. The van der Waals surface area contributed by atoms with Gasteiger partial charge in [0.05, 0.1) is 0 Å². The predicted octanol–water partition coefficient (Wildman–Crippen LogP) is 8.56. The SMILES string of the molecule is CC1(C)CC(c2ccc(-c3ccc4cc(C5CC(C)(C)NC(C)(C)C5)ccc4c3)cc2)CC(C)(C)N1. The summed E-state index contributed by atoms with van der Waals surface area (Å²) in [7, 11) is 0. The molecule has 192 valence electrons. The summed E-state index contributed by atoms with van der Waals surface area (Å²) in [6, 6.07) is 23.5. The second kappa shape index (κ2) is 8.71. The van der Waals surface area contributed by atoms with Gasteiger partial charge in [-0.05, 0) is 132 Å². The van der Waals surface area contributed by atoms with Crippen LogP contribution in [-0.2, 0) is 0 Å². The predicted molar refractivity (Wildman–Crippen MR) is 156 cm³/mol. The van der Waals surface area contributed by atoms with Crippen LogP contribution in [0.15, 0.2) is 60.7 Å². The Kier molecular flexibility index (Phi) is 6.16. The minimum atomic E-state index is 0.164. The second-order valence-corrected chi connectivity index (χ2v) is 14.4. The van der Waals surface area contributed by atoms with Gasteiger partial charge in [-0.2, -0.15) is 0 Å². The molecule has 0 spiro atoms. The lowest BCUT2D eigenvalue weighted by molar-refractivity contribution is 0.161. The van der Waals surface area contributed by atoms with Gasteiger partial charge in [0.25, 0.3) is 0 Å². The van der Waals surface area contributed by atoms with Crippen molar-refractivity contribution in [3.63, 3.8) is 0 Å². The molecule has 2 fully saturated rings. The Labute approximate surface area is 219 Å². The summed E-state index contributed by atoms with van der Waals surface area (Å²) in [5.74, 6) is 1.20. The summed E-state index contributed by atoms with van der Waals surface area (Å²) in [6.45, 7) is 18.7. The highest BCUT2D eigenvalue weighted by Gasteiger charge is 2.39. The molecule has 3 aromatic rings. The van der Waals surface area contributed by atoms with Crippen molar-refractivity contribution in [1.82, 2.24) is 10.6 Å². The van der Waals surface area contributed by atoms with Crippen LogP contribution in [0.4, 0.5) is 0 Å². The monoisotopic (exact) mass is 482 g/mol. The molecule has 36 heavy (non-hydrogen) atoms. The summed E-state index contributed by atoms with van der Waals surface area (Å²) in [4.78, 5) is 0. The van der Waals surface area contributed by atoms with Crippen LogP contribution in [0.1, 0.15) is 104 Å². The maximum Gasteiger partial charge on any atom is 0.0135 e. The zero-order valence-electron chi connectivity index (χ0n) is 23.8. The zero-order valence-corrected chi connectivity index (χ0v) is 23.8. The average Bonchev–Trinajstić information content (AvgIpc) is 2.74. The molecule has 2 aliphatic heterocycles. The average molecular weight is 483 g/mol. The first-order valence-electron chi connectivity index (χ1n) is 13.9. The van der Waals surface area contributed by atoms with Crippen LogP contribution in [0.5, 0.6) is 0 Å². The molecule has 0 atom stereocenters. The first-order valence-corrected chi connectivity index (χ1v) is 13.9. The molecule has 5 rings (SSSR count). The molecule has 0 unspecified atom stereocenters. The van der Waals surface area contributed by atoms with E-state index in [2.05, 4.69) is 127 Å². The van der Waals surface area contributed by atoms with Gasteiger partial charge in [-0.3, -0.25) is 0 Å². The number of hydrogen-bond donors (Lipinski definition) is 2. The smallest absolute Gasteiger partial charge is 0.0135 e. The standard InChI is InChI=1S/C34H46N2/c1-31(2)19-29(20-32(3,4)35-31)24-11-9-23(10-12-24)25-13-14-27-18-28(16-15-26(27)17-25)30-21-33(5,6)36-34(7,8)22-30/h9-18,29-30,35-36H,19-22H2,1-8H3. The quantitative estimate of drug-likeness (QED) is 0.391. The summed E-state index contributed by atoms with van der Waals surface area (Å²) >= 11 is 0. The molecule has 0 aromatic heterocycles. The fraction of sp³-hybridized carbons (Fsp3) is 0.529. The fourth-order valence-electron chi connectivity index (χ4n) is 7.76. The van der Waals surface area contributed by atoms with Crippen LogP contribution in [0.2, 0.25) is 0 Å². The normalized spacial score (nSPS) is 23.6. The van der Waals surface area contributed by atoms with Crippen molar-refractivity contribution in [2.45, 2.75) is 115 Å². The number of hydrogen-bond acceptors (Lipinski definition) is 2. The molecule has 2 saturated heterocycles. The van der Waals surface area contributed by atoms with E-state index in [-0.39, 0.29) is 22.2 Å². The Morgan fingerprint density at radius 3 is 1.39 bits per heavy atom. The van der Waals surface area contributed by atoms with Gasteiger partial charge < -0.3 is 10.6 Å². The Morgan fingerprint density at radius 2 is 0.861 bits per heavy atom. The summed E-state index contributed by atoms with van der Waals surface area (Å²) < 4.78 is 0. The molecule has 0 saturated carbocycles. The first kappa shape index (κ1) is 25.5. The minimum Gasteiger partial charge on any atom is -0.307 e. The molecule has 2 heterocycles. The summed E-state index contributed by atoms with van der Waals surface area (Å²) in [5.41, 5.74) is 6.23. The molecule has 2 N–H and O–H groups in total. The van der Waals surface area contributed by atoms with E-state index in [1.54, 1.807) is 0 Å². The van der Waals surface area contributed by atoms with Gasteiger partial charge >= 0.3 is 0 Å². The lowest BCUT2D eigenvalue weighted by Crippen LogP contribution is -2.57. The third-order valence-electron chi connectivity index (χ3n) is 8.43. The fourth-order valence-corrected chi connectivity index (χ4v) is 7.76. The van der Waals surface area contributed by atoms with Crippen LogP contribution >= 0.6 is 0 Å². The number of rotatable bonds is 3. The highest BCUT2D eigenvalue weighted by molar-refractivity contribution is 5.88. The summed E-state index contributed by atoms with van der Waals surface area (Å²) in [6.07, 6.45) is 4.72. The van der Waals surface area contributed by atoms with Crippen molar-refractivity contribution in [3.05, 3.63) is 71.8 Å². The summed E-state index contributed by atoms with van der Waals surface area (Å²) in [5, 5.41) is 10.3. The van der Waals surface area contributed by atoms with Crippen LogP contribution in [-0.4, -0.2) is 22.2 Å². The number of fused-ring (bicyclic) bond motifs is 1. The van der Waals surface area contributed by atoms with E-state index < -0.39 is 0 Å². The van der Waals surface area contributed by atoms with Crippen molar-refractivity contribution in [2.75, 3.05) is 0 Å². The maximum atomic E-state index is 3.82. The molecule has 3 aromatic carbocycles. The molecule has 2 aliphatic rings. The maximum absolute atomic E-state index is 3.82. The molecule has 2 nitrogen and oxygen atoms in total. The lowest BCUT2D eigenvalue weighted by Gasteiger charge is -2.46. The Hall–Kier alpha value is -2.16. The number of benzene rings is 3. The Morgan fingerprint density at radius 1 is 0.472 bits per heavy atom. The van der Waals surface area contributed by atoms with Crippen molar-refractivity contribution in [1.29, 1.82) is 0 Å². The van der Waals surface area contributed by atoms with Gasteiger partial charge in [-0.15, -0.1) is 0 Å². The van der Waals surface area contributed by atoms with Crippen molar-refractivity contribution < 1.29 is 0 Å². The molecular formula is C34H46N2. The van der Waals surface area contributed by atoms with E-state index in [4.69, 9.17) is 0 Å². The van der Waals surface area contributed by atoms with Gasteiger partial charge in [0.15, 0.2) is 0 Å². The molecule has 0 radical (unpaired) electrons. The van der Waals surface area contributed by atoms with Crippen LogP contribution in [0.3, 0.4) is 0 Å². The van der Waals surface area contributed by atoms with E-state index >= 15 is 0 Å². The minimum absolute atomic E-state index is 0.164. The Balaban J connectivity index is 1.37. The molecular weight excluding hydrogens is 436 g/mol.